The molecule has 96 valence electrons. The number of carboxylic acid groups (broad SMARTS) is 1. The van der Waals surface area contributed by atoms with E-state index < -0.39 is 18.5 Å². The molecule has 0 heterocycles. The van der Waals surface area contributed by atoms with Crippen molar-refractivity contribution in [2.45, 2.75) is 13.3 Å². The predicted molar refractivity (Wildman–Crippen MR) is 67.3 cm³/mol. The van der Waals surface area contributed by atoms with Gasteiger partial charge in [-0.1, -0.05) is 29.8 Å². The first-order valence-electron chi connectivity index (χ1n) is 5.25. The van der Waals surface area contributed by atoms with Gasteiger partial charge in [-0.2, -0.15) is 4.99 Å². The molecule has 0 aliphatic carbocycles. The lowest BCUT2D eigenvalue weighted by Gasteiger charge is -2.06. The van der Waals surface area contributed by atoms with Gasteiger partial charge in [0.05, 0.1) is 18.7 Å². The van der Waals surface area contributed by atoms with E-state index in [0.717, 1.165) is 0 Å². The van der Waals surface area contributed by atoms with Crippen LogP contribution in [0.15, 0.2) is 29.3 Å². The second-order valence-electron chi connectivity index (χ2n) is 3.31. The van der Waals surface area contributed by atoms with Crippen molar-refractivity contribution in [3.63, 3.8) is 0 Å². The van der Waals surface area contributed by atoms with Crippen LogP contribution in [0.25, 0.3) is 0 Å². The summed E-state index contributed by atoms with van der Waals surface area (Å²) in [6.45, 7) is 1.81. The minimum Gasteiger partial charge on any atom is -0.481 e. The maximum absolute atomic E-state index is 11.3. The highest BCUT2D eigenvalue weighted by Crippen LogP contribution is 2.17. The maximum Gasteiger partial charge on any atom is 0.433 e. The van der Waals surface area contributed by atoms with Gasteiger partial charge in [-0.25, -0.2) is 4.79 Å². The van der Waals surface area contributed by atoms with Crippen LogP contribution >= 0.6 is 11.6 Å². The first kappa shape index (κ1) is 14.2. The number of hydrogen-bond acceptors (Lipinski definition) is 3. The summed E-state index contributed by atoms with van der Waals surface area (Å²) in [5, 5.41) is 9.14. The number of carboxylic acids is 1. The first-order valence-corrected chi connectivity index (χ1v) is 5.63. The highest BCUT2D eigenvalue weighted by molar-refractivity contribution is 6.35. The second-order valence-corrected chi connectivity index (χ2v) is 3.71. The molecule has 5 nitrogen and oxygen atoms in total. The highest BCUT2D eigenvalue weighted by atomic mass is 35.5. The molecule has 6 heteroatoms. The Morgan fingerprint density at radius 1 is 1.39 bits per heavy atom. The van der Waals surface area contributed by atoms with Gasteiger partial charge in [0.15, 0.2) is 0 Å². The topological polar surface area (TPSA) is 76.0 Å². The zero-order chi connectivity index (χ0) is 13.5. The van der Waals surface area contributed by atoms with Crippen LogP contribution in [0.1, 0.15) is 18.9 Å². The lowest BCUT2D eigenvalue weighted by Crippen LogP contribution is -2.12. The monoisotopic (exact) mass is 269 g/mol. The van der Waals surface area contributed by atoms with E-state index in [4.69, 9.17) is 16.7 Å². The molecule has 18 heavy (non-hydrogen) atoms. The molecule has 1 aromatic carbocycles. The van der Waals surface area contributed by atoms with Gasteiger partial charge in [-0.15, -0.1) is 0 Å². The summed E-state index contributed by atoms with van der Waals surface area (Å²) in [5.41, 5.74) is 0.487. The van der Waals surface area contributed by atoms with Crippen molar-refractivity contribution in [3.8, 4) is 0 Å². The SMILES string of the molecule is CCOC(=O)N=C(CC(=O)O)c1ccccc1Cl. The molecule has 0 spiro atoms. The molecular formula is C12H12ClNO4. The third kappa shape index (κ3) is 4.18. The van der Waals surface area contributed by atoms with E-state index in [9.17, 15) is 9.59 Å². The summed E-state index contributed by atoms with van der Waals surface area (Å²) in [7, 11) is 0. The minimum atomic E-state index is -1.10. The molecular weight excluding hydrogens is 258 g/mol. The Morgan fingerprint density at radius 2 is 2.06 bits per heavy atom. The molecule has 1 amide bonds. The molecule has 1 rings (SSSR count). The number of carbonyl (C=O) groups is 2. The maximum atomic E-state index is 11.3. The summed E-state index contributed by atoms with van der Waals surface area (Å²) < 4.78 is 4.65. The van der Waals surface area contributed by atoms with Gasteiger partial charge < -0.3 is 9.84 Å². The fourth-order valence-electron chi connectivity index (χ4n) is 1.30. The average Bonchev–Trinajstić information content (AvgIpc) is 2.28. The third-order valence-electron chi connectivity index (χ3n) is 2.00. The molecule has 0 aromatic heterocycles. The molecule has 0 saturated heterocycles. The van der Waals surface area contributed by atoms with E-state index in [1.54, 1.807) is 31.2 Å². The van der Waals surface area contributed by atoms with Crippen molar-refractivity contribution in [2.75, 3.05) is 6.61 Å². The number of aliphatic imine (C=N–C) groups is 1. The number of nitrogens with zero attached hydrogens (tertiary/aromatic N) is 1. The van der Waals surface area contributed by atoms with Crippen molar-refractivity contribution in [1.82, 2.24) is 0 Å². The van der Waals surface area contributed by atoms with Crippen LogP contribution in [-0.4, -0.2) is 29.5 Å². The van der Waals surface area contributed by atoms with Crippen molar-refractivity contribution in [2.24, 2.45) is 4.99 Å². The number of halogens is 1. The van der Waals surface area contributed by atoms with Crippen LogP contribution in [0.3, 0.4) is 0 Å². The molecule has 0 fully saturated rings. The summed E-state index contributed by atoms with van der Waals surface area (Å²) in [5.74, 6) is -1.10. The van der Waals surface area contributed by atoms with Crippen LogP contribution in [0.4, 0.5) is 4.79 Å². The molecule has 1 aromatic rings. The normalized spacial score (nSPS) is 11.1. The summed E-state index contributed by atoms with van der Waals surface area (Å²) in [4.78, 5) is 25.7. The van der Waals surface area contributed by atoms with Gasteiger partial charge >= 0.3 is 12.1 Å². The minimum absolute atomic E-state index is 0.0755. The lowest BCUT2D eigenvalue weighted by molar-refractivity contribution is -0.135. The molecule has 0 bridgehead atoms. The standard InChI is InChI=1S/C12H12ClNO4/c1-2-18-12(17)14-10(7-11(15)16)8-5-3-4-6-9(8)13/h3-6H,2,7H2,1H3,(H,15,16). The first-order chi connectivity index (χ1) is 8.54. The number of aliphatic carboxylic acids is 1. The summed E-state index contributed by atoms with van der Waals surface area (Å²) in [6, 6.07) is 6.58. The quantitative estimate of drug-likeness (QED) is 0.853. The van der Waals surface area contributed by atoms with Gasteiger partial charge in [-0.05, 0) is 13.0 Å². The fourth-order valence-corrected chi connectivity index (χ4v) is 1.54. The summed E-state index contributed by atoms with van der Waals surface area (Å²) in [6.07, 6.45) is -1.23. The summed E-state index contributed by atoms with van der Waals surface area (Å²) >= 11 is 5.94. The lowest BCUT2D eigenvalue weighted by atomic mass is 10.1. The van der Waals surface area contributed by atoms with Gasteiger partial charge in [0.1, 0.15) is 0 Å². The van der Waals surface area contributed by atoms with E-state index in [1.807, 2.05) is 0 Å². The van der Waals surface area contributed by atoms with Gasteiger partial charge in [0.25, 0.3) is 0 Å². The number of benzene rings is 1. The highest BCUT2D eigenvalue weighted by Gasteiger charge is 2.14. The second kappa shape index (κ2) is 6.76. The van der Waals surface area contributed by atoms with Crippen LogP contribution in [0.5, 0.6) is 0 Å². The zero-order valence-corrected chi connectivity index (χ0v) is 10.5. The van der Waals surface area contributed by atoms with Gasteiger partial charge in [0.2, 0.25) is 0 Å². The molecule has 0 atom stereocenters. The molecule has 0 saturated carbocycles. The molecule has 0 radical (unpaired) electrons. The molecule has 0 aliphatic heterocycles. The molecule has 1 N–H and O–H groups in total. The average molecular weight is 270 g/mol. The third-order valence-corrected chi connectivity index (χ3v) is 2.33. The molecule has 0 unspecified atom stereocenters. The Bertz CT molecular complexity index is 485. The van der Waals surface area contributed by atoms with Crippen molar-refractivity contribution in [3.05, 3.63) is 34.9 Å². The van der Waals surface area contributed by atoms with Crippen LogP contribution in [0.2, 0.25) is 5.02 Å². The number of rotatable bonds is 4. The van der Waals surface area contributed by atoms with Crippen LogP contribution in [0, 0.1) is 0 Å². The number of carbonyl (C=O) groups excluding carboxylic acids is 1. The van der Waals surface area contributed by atoms with Crippen LogP contribution < -0.4 is 0 Å². The van der Waals surface area contributed by atoms with E-state index in [1.165, 1.54) is 0 Å². The van der Waals surface area contributed by atoms with E-state index in [2.05, 4.69) is 9.73 Å². The number of amides is 1. The van der Waals surface area contributed by atoms with E-state index in [0.29, 0.717) is 10.6 Å². The van der Waals surface area contributed by atoms with Gasteiger partial charge in [0, 0.05) is 10.6 Å². The fraction of sp³-hybridized carbons (Fsp3) is 0.250. The smallest absolute Gasteiger partial charge is 0.433 e. The number of ether oxygens (including phenoxy) is 1. The van der Waals surface area contributed by atoms with Gasteiger partial charge in [-0.3, -0.25) is 4.79 Å². The van der Waals surface area contributed by atoms with Crippen molar-refractivity contribution in [1.29, 1.82) is 0 Å². The largest absolute Gasteiger partial charge is 0.481 e. The number of hydrogen-bond donors (Lipinski definition) is 1. The van der Waals surface area contributed by atoms with Crippen molar-refractivity contribution < 1.29 is 19.4 Å². The molecule has 0 aliphatic rings. The Labute approximate surface area is 109 Å². The zero-order valence-electron chi connectivity index (χ0n) is 9.72. The van der Waals surface area contributed by atoms with Crippen LogP contribution in [-0.2, 0) is 9.53 Å². The Balaban J connectivity index is 3.09. The van der Waals surface area contributed by atoms with E-state index in [-0.39, 0.29) is 12.3 Å². The Morgan fingerprint density at radius 3 is 2.61 bits per heavy atom. The van der Waals surface area contributed by atoms with E-state index >= 15 is 0 Å². The Kier molecular flexibility index (Phi) is 5.32. The van der Waals surface area contributed by atoms with Crippen molar-refractivity contribution >= 4 is 29.4 Å². The predicted octanol–water partition coefficient (Wildman–Crippen LogP) is 2.76. The Hall–Kier alpha value is -1.88.